The van der Waals surface area contributed by atoms with Gasteiger partial charge in [0.25, 0.3) is 5.91 Å². The quantitative estimate of drug-likeness (QED) is 0.817. The third-order valence-corrected chi connectivity index (χ3v) is 3.80. The molecule has 4 nitrogen and oxygen atoms in total. The molecule has 0 unspecified atom stereocenters. The maximum atomic E-state index is 11.2. The Balaban J connectivity index is 2.07. The Labute approximate surface area is 102 Å². The van der Waals surface area contributed by atoms with E-state index in [1.54, 1.807) is 18.3 Å². The fourth-order valence-electron chi connectivity index (χ4n) is 2.12. The maximum absolute atomic E-state index is 11.2. The molecule has 1 aliphatic carbocycles. The molecule has 0 radical (unpaired) electrons. The summed E-state index contributed by atoms with van der Waals surface area (Å²) in [6.45, 7) is 5.34. The van der Waals surface area contributed by atoms with Gasteiger partial charge < -0.3 is 11.1 Å². The van der Waals surface area contributed by atoms with Crippen LogP contribution in [0.1, 0.15) is 37.0 Å². The van der Waals surface area contributed by atoms with E-state index in [1.165, 1.54) is 12.8 Å². The highest BCUT2D eigenvalue weighted by Crippen LogP contribution is 2.51. The Bertz CT molecular complexity index is 424. The number of aromatic nitrogens is 1. The van der Waals surface area contributed by atoms with Gasteiger partial charge in [0.1, 0.15) is 5.82 Å². The number of nitrogens with two attached hydrogens (primary N) is 1. The van der Waals surface area contributed by atoms with Crippen LogP contribution in [0.3, 0.4) is 0 Å². The number of nitrogens with zero attached hydrogens (tertiary/aromatic N) is 1. The van der Waals surface area contributed by atoms with Crippen LogP contribution in [-0.2, 0) is 0 Å². The SMILES string of the molecule is CC(C)C1(CNc2ncccc2C(N)=O)CC1. The first-order valence-corrected chi connectivity index (χ1v) is 6.04. The monoisotopic (exact) mass is 233 g/mol. The van der Waals surface area contributed by atoms with Crippen molar-refractivity contribution in [1.82, 2.24) is 4.98 Å². The summed E-state index contributed by atoms with van der Waals surface area (Å²) in [5.74, 6) is 0.817. The fourth-order valence-corrected chi connectivity index (χ4v) is 2.12. The number of primary amides is 1. The number of carbonyl (C=O) groups excluding carboxylic acids is 1. The molecule has 92 valence electrons. The topological polar surface area (TPSA) is 68.0 Å². The number of nitrogens with one attached hydrogen (secondary N) is 1. The lowest BCUT2D eigenvalue weighted by molar-refractivity contribution is 0.100. The minimum Gasteiger partial charge on any atom is -0.369 e. The van der Waals surface area contributed by atoms with E-state index in [1.807, 2.05) is 0 Å². The van der Waals surface area contributed by atoms with Crippen molar-refractivity contribution >= 4 is 11.7 Å². The van der Waals surface area contributed by atoms with Gasteiger partial charge >= 0.3 is 0 Å². The molecule has 0 spiro atoms. The van der Waals surface area contributed by atoms with Crippen molar-refractivity contribution in [2.45, 2.75) is 26.7 Å². The van der Waals surface area contributed by atoms with Crippen LogP contribution in [-0.4, -0.2) is 17.4 Å². The molecule has 1 aromatic heterocycles. The van der Waals surface area contributed by atoms with Crippen molar-refractivity contribution in [3.05, 3.63) is 23.9 Å². The number of hydrogen-bond acceptors (Lipinski definition) is 3. The zero-order valence-electron chi connectivity index (χ0n) is 10.4. The van der Waals surface area contributed by atoms with Crippen LogP contribution >= 0.6 is 0 Å². The molecule has 0 atom stereocenters. The molecule has 2 rings (SSSR count). The predicted octanol–water partition coefficient (Wildman–Crippen LogP) is 2.03. The average Bonchev–Trinajstić information content (AvgIpc) is 3.07. The lowest BCUT2D eigenvalue weighted by atomic mass is 9.92. The number of amides is 1. The third-order valence-electron chi connectivity index (χ3n) is 3.80. The molecule has 1 saturated carbocycles. The van der Waals surface area contributed by atoms with E-state index < -0.39 is 5.91 Å². The van der Waals surface area contributed by atoms with Gasteiger partial charge in [-0.05, 0) is 36.3 Å². The van der Waals surface area contributed by atoms with Crippen LogP contribution < -0.4 is 11.1 Å². The first-order valence-electron chi connectivity index (χ1n) is 6.04. The molecule has 1 aromatic rings. The standard InChI is InChI=1S/C13H19N3O/c1-9(2)13(5-6-13)8-16-12-10(11(14)17)4-3-7-15-12/h3-4,7,9H,5-6,8H2,1-2H3,(H2,14,17)(H,15,16). The molecule has 0 aromatic carbocycles. The molecule has 3 N–H and O–H groups in total. The van der Waals surface area contributed by atoms with Gasteiger partial charge in [0.2, 0.25) is 0 Å². The van der Waals surface area contributed by atoms with Gasteiger partial charge in [0, 0.05) is 12.7 Å². The summed E-state index contributed by atoms with van der Waals surface area (Å²) in [7, 11) is 0. The van der Waals surface area contributed by atoms with Gasteiger partial charge in [-0.1, -0.05) is 13.8 Å². The van der Waals surface area contributed by atoms with E-state index >= 15 is 0 Å². The fraction of sp³-hybridized carbons (Fsp3) is 0.538. The zero-order valence-corrected chi connectivity index (χ0v) is 10.4. The number of carbonyl (C=O) groups is 1. The van der Waals surface area contributed by atoms with Crippen molar-refractivity contribution in [1.29, 1.82) is 0 Å². The summed E-state index contributed by atoms with van der Waals surface area (Å²) >= 11 is 0. The molecule has 0 saturated heterocycles. The van der Waals surface area contributed by atoms with Gasteiger partial charge in [0.05, 0.1) is 5.56 Å². The van der Waals surface area contributed by atoms with Gasteiger partial charge in [-0.25, -0.2) is 4.98 Å². The highest BCUT2D eigenvalue weighted by Gasteiger charge is 2.45. The first kappa shape index (κ1) is 11.9. The first-order chi connectivity index (χ1) is 8.05. The second kappa shape index (κ2) is 4.35. The highest BCUT2D eigenvalue weighted by atomic mass is 16.1. The molecular weight excluding hydrogens is 214 g/mol. The summed E-state index contributed by atoms with van der Waals surface area (Å²) in [4.78, 5) is 15.4. The molecule has 0 aliphatic heterocycles. The van der Waals surface area contributed by atoms with Crippen molar-refractivity contribution in [3.8, 4) is 0 Å². The Morgan fingerprint density at radius 1 is 1.59 bits per heavy atom. The molecule has 1 amide bonds. The maximum Gasteiger partial charge on any atom is 0.252 e. The van der Waals surface area contributed by atoms with Crippen molar-refractivity contribution < 1.29 is 4.79 Å². The molecule has 0 bridgehead atoms. The minimum absolute atomic E-state index is 0.381. The Morgan fingerprint density at radius 3 is 2.82 bits per heavy atom. The molecular formula is C13H19N3O. The van der Waals surface area contributed by atoms with Gasteiger partial charge in [-0.3, -0.25) is 4.79 Å². The summed E-state index contributed by atoms with van der Waals surface area (Å²) in [6.07, 6.45) is 4.16. The number of anilines is 1. The Kier molecular flexibility index (Phi) is 3.05. The summed E-state index contributed by atoms with van der Waals surface area (Å²) < 4.78 is 0. The van der Waals surface area contributed by atoms with E-state index in [0.29, 0.717) is 22.7 Å². The third kappa shape index (κ3) is 2.40. The minimum atomic E-state index is -0.435. The average molecular weight is 233 g/mol. The van der Waals surface area contributed by atoms with Gasteiger partial charge in [-0.2, -0.15) is 0 Å². The van der Waals surface area contributed by atoms with Gasteiger partial charge in [0.15, 0.2) is 0 Å². The lowest BCUT2D eigenvalue weighted by Crippen LogP contribution is -2.23. The van der Waals surface area contributed by atoms with Crippen LogP contribution in [0.2, 0.25) is 0 Å². The lowest BCUT2D eigenvalue weighted by Gasteiger charge is -2.20. The van der Waals surface area contributed by atoms with Crippen LogP contribution in [0.15, 0.2) is 18.3 Å². The summed E-state index contributed by atoms with van der Waals surface area (Å²) in [5, 5.41) is 3.27. The zero-order chi connectivity index (χ0) is 12.5. The largest absolute Gasteiger partial charge is 0.369 e. The van der Waals surface area contributed by atoms with E-state index in [2.05, 4.69) is 24.1 Å². The second-order valence-corrected chi connectivity index (χ2v) is 5.13. The number of rotatable bonds is 5. The Morgan fingerprint density at radius 2 is 2.29 bits per heavy atom. The van der Waals surface area contributed by atoms with Crippen LogP contribution in [0.25, 0.3) is 0 Å². The molecule has 4 heteroatoms. The summed E-state index contributed by atoms with van der Waals surface area (Å²) in [5.41, 5.74) is 6.16. The van der Waals surface area contributed by atoms with Gasteiger partial charge in [-0.15, -0.1) is 0 Å². The number of hydrogen-bond donors (Lipinski definition) is 2. The van der Waals surface area contributed by atoms with E-state index in [0.717, 1.165) is 6.54 Å². The molecule has 1 fully saturated rings. The number of pyridine rings is 1. The molecule has 17 heavy (non-hydrogen) atoms. The Hall–Kier alpha value is -1.58. The molecule has 1 aliphatic rings. The van der Waals surface area contributed by atoms with Crippen LogP contribution in [0, 0.1) is 11.3 Å². The van der Waals surface area contributed by atoms with E-state index in [-0.39, 0.29) is 0 Å². The second-order valence-electron chi connectivity index (χ2n) is 5.13. The van der Waals surface area contributed by atoms with E-state index in [4.69, 9.17) is 5.73 Å². The van der Waals surface area contributed by atoms with Crippen LogP contribution in [0.5, 0.6) is 0 Å². The smallest absolute Gasteiger partial charge is 0.252 e. The van der Waals surface area contributed by atoms with Crippen LogP contribution in [0.4, 0.5) is 5.82 Å². The van der Waals surface area contributed by atoms with Crippen molar-refractivity contribution in [2.24, 2.45) is 17.1 Å². The summed E-state index contributed by atoms with van der Waals surface area (Å²) in [6, 6.07) is 3.42. The predicted molar refractivity (Wildman–Crippen MR) is 67.7 cm³/mol. The normalized spacial score (nSPS) is 16.9. The highest BCUT2D eigenvalue weighted by molar-refractivity contribution is 5.97. The van der Waals surface area contributed by atoms with Crippen molar-refractivity contribution in [2.75, 3.05) is 11.9 Å². The van der Waals surface area contributed by atoms with E-state index in [9.17, 15) is 4.79 Å². The van der Waals surface area contributed by atoms with Crippen molar-refractivity contribution in [3.63, 3.8) is 0 Å². The molecule has 1 heterocycles.